The molecule has 2 rings (SSSR count). The Labute approximate surface area is 201 Å². The Morgan fingerprint density at radius 1 is 1.00 bits per heavy atom. The molecule has 0 unspecified atom stereocenters. The average Bonchev–Trinajstić information content (AvgIpc) is 2.71. The molecule has 0 saturated carbocycles. The van der Waals surface area contributed by atoms with Gasteiger partial charge in [-0.1, -0.05) is 57.2 Å². The summed E-state index contributed by atoms with van der Waals surface area (Å²) in [6.07, 6.45) is 0.425. The second kappa shape index (κ2) is 10.8. The maximum atomic E-state index is 13.1. The third kappa shape index (κ3) is 8.27. The SMILES string of the molecule is C[C@@H](c1cccc(CO[Si](C)(C)C(C)(C)C)n1)N(CCc1ccccc1)C(=O)OC(C)(C)C. The number of benzene rings is 1. The number of pyridine rings is 1. The Morgan fingerprint density at radius 2 is 1.64 bits per heavy atom. The van der Waals surface area contributed by atoms with Crippen LogP contribution in [0, 0.1) is 0 Å². The van der Waals surface area contributed by atoms with E-state index in [0.29, 0.717) is 13.2 Å². The van der Waals surface area contributed by atoms with Gasteiger partial charge in [0.2, 0.25) is 0 Å². The number of carbonyl (C=O) groups excluding carboxylic acids is 1. The van der Waals surface area contributed by atoms with E-state index in [-0.39, 0.29) is 17.2 Å². The van der Waals surface area contributed by atoms with Gasteiger partial charge in [0.1, 0.15) is 5.60 Å². The van der Waals surface area contributed by atoms with Gasteiger partial charge in [-0.25, -0.2) is 4.79 Å². The van der Waals surface area contributed by atoms with E-state index in [9.17, 15) is 4.79 Å². The molecule has 0 aliphatic heterocycles. The molecule has 0 N–H and O–H groups in total. The highest BCUT2D eigenvalue weighted by Gasteiger charge is 2.37. The predicted octanol–water partition coefficient (Wildman–Crippen LogP) is 7.14. The molecule has 1 atom stereocenters. The summed E-state index contributed by atoms with van der Waals surface area (Å²) in [6.45, 7) is 19.9. The van der Waals surface area contributed by atoms with Crippen molar-refractivity contribution in [2.45, 2.75) is 91.3 Å². The Bertz CT molecular complexity index is 902. The minimum absolute atomic E-state index is 0.142. The van der Waals surface area contributed by atoms with E-state index in [2.05, 4.69) is 46.0 Å². The maximum Gasteiger partial charge on any atom is 0.410 e. The quantitative estimate of drug-likeness (QED) is 0.385. The fourth-order valence-electron chi connectivity index (χ4n) is 3.10. The zero-order chi connectivity index (χ0) is 24.9. The summed E-state index contributed by atoms with van der Waals surface area (Å²) >= 11 is 0. The minimum atomic E-state index is -1.87. The van der Waals surface area contributed by atoms with Gasteiger partial charge in [-0.2, -0.15) is 0 Å². The number of nitrogens with zero attached hydrogens (tertiary/aromatic N) is 2. The first kappa shape index (κ1) is 27.1. The van der Waals surface area contributed by atoms with E-state index < -0.39 is 13.9 Å². The standard InChI is InChI=1S/C27H42N2O3Si/c1-21(24-17-13-16-23(28-24)20-31-33(8,9)27(5,6)7)29(25(30)32-26(2,3)4)19-18-22-14-11-10-12-15-22/h10-17,21H,18-20H2,1-9H3/t21-/m0/s1. The first-order chi connectivity index (χ1) is 15.2. The van der Waals surface area contributed by atoms with Gasteiger partial charge >= 0.3 is 6.09 Å². The fourth-order valence-corrected chi connectivity index (χ4v) is 4.04. The molecule has 0 radical (unpaired) electrons. The van der Waals surface area contributed by atoms with E-state index in [4.69, 9.17) is 14.1 Å². The van der Waals surface area contributed by atoms with Crippen LogP contribution in [0.5, 0.6) is 0 Å². The lowest BCUT2D eigenvalue weighted by Crippen LogP contribution is -2.40. The van der Waals surface area contributed by atoms with Crippen LogP contribution in [0.4, 0.5) is 4.79 Å². The van der Waals surface area contributed by atoms with Crippen molar-refractivity contribution in [2.24, 2.45) is 0 Å². The Hall–Kier alpha value is -2.18. The van der Waals surface area contributed by atoms with Gasteiger partial charge in [-0.05, 0) is 69.9 Å². The summed E-state index contributed by atoms with van der Waals surface area (Å²) < 4.78 is 12.1. The lowest BCUT2D eigenvalue weighted by atomic mass is 10.1. The van der Waals surface area contributed by atoms with Crippen LogP contribution >= 0.6 is 0 Å². The third-order valence-corrected chi connectivity index (χ3v) is 10.7. The molecule has 0 fully saturated rings. The van der Waals surface area contributed by atoms with Crippen molar-refractivity contribution >= 4 is 14.4 Å². The van der Waals surface area contributed by atoms with Gasteiger partial charge in [-0.15, -0.1) is 0 Å². The number of aromatic nitrogens is 1. The number of hydrogen-bond donors (Lipinski definition) is 0. The van der Waals surface area contributed by atoms with Crippen molar-refractivity contribution in [1.29, 1.82) is 0 Å². The average molecular weight is 471 g/mol. The third-order valence-electron chi connectivity index (χ3n) is 6.22. The van der Waals surface area contributed by atoms with Crippen molar-refractivity contribution in [3.63, 3.8) is 0 Å². The number of ether oxygens (including phenoxy) is 1. The largest absolute Gasteiger partial charge is 0.444 e. The number of carbonyl (C=O) groups is 1. The lowest BCUT2D eigenvalue weighted by molar-refractivity contribution is 0.0172. The molecule has 5 nitrogen and oxygen atoms in total. The summed E-state index contributed by atoms with van der Waals surface area (Å²) in [4.78, 5) is 19.7. The monoisotopic (exact) mass is 470 g/mol. The Morgan fingerprint density at radius 3 is 2.21 bits per heavy atom. The van der Waals surface area contributed by atoms with Crippen LogP contribution in [0.2, 0.25) is 18.1 Å². The van der Waals surface area contributed by atoms with Crippen LogP contribution in [0.3, 0.4) is 0 Å². The number of hydrogen-bond acceptors (Lipinski definition) is 4. The molecule has 2 aromatic rings. The van der Waals surface area contributed by atoms with Gasteiger partial charge in [-0.3, -0.25) is 9.88 Å². The molecule has 0 saturated heterocycles. The van der Waals surface area contributed by atoms with Crippen LogP contribution in [0.15, 0.2) is 48.5 Å². The van der Waals surface area contributed by atoms with Crippen molar-refractivity contribution < 1.29 is 14.0 Å². The van der Waals surface area contributed by atoms with E-state index >= 15 is 0 Å². The van der Waals surface area contributed by atoms with Crippen molar-refractivity contribution in [3.05, 3.63) is 65.5 Å². The summed E-state index contributed by atoms with van der Waals surface area (Å²) in [5.74, 6) is 0. The highest BCUT2D eigenvalue weighted by atomic mass is 28.4. The second-order valence-corrected chi connectivity index (χ2v) is 16.0. The van der Waals surface area contributed by atoms with Crippen LogP contribution in [0.1, 0.15) is 71.5 Å². The molecule has 1 amide bonds. The number of rotatable bonds is 8. The number of amides is 1. The van der Waals surface area contributed by atoms with E-state index in [1.807, 2.05) is 64.1 Å². The van der Waals surface area contributed by atoms with Gasteiger partial charge in [0, 0.05) is 6.54 Å². The predicted molar refractivity (Wildman–Crippen MR) is 138 cm³/mol. The van der Waals surface area contributed by atoms with Crippen LogP contribution in [-0.2, 0) is 22.2 Å². The molecule has 0 spiro atoms. The smallest absolute Gasteiger partial charge is 0.410 e. The van der Waals surface area contributed by atoms with E-state index in [1.165, 1.54) is 5.56 Å². The van der Waals surface area contributed by atoms with Gasteiger partial charge < -0.3 is 9.16 Å². The molecule has 0 aliphatic rings. The molecule has 182 valence electrons. The first-order valence-electron chi connectivity index (χ1n) is 11.8. The second-order valence-electron chi connectivity index (χ2n) is 11.2. The molecule has 33 heavy (non-hydrogen) atoms. The molecule has 0 aliphatic carbocycles. The molecule has 0 bridgehead atoms. The first-order valence-corrected chi connectivity index (χ1v) is 14.7. The summed E-state index contributed by atoms with van der Waals surface area (Å²) in [5, 5.41) is 0.142. The maximum absolute atomic E-state index is 13.1. The summed E-state index contributed by atoms with van der Waals surface area (Å²) in [6, 6.07) is 15.9. The Kier molecular flexibility index (Phi) is 8.88. The van der Waals surface area contributed by atoms with Gasteiger partial charge in [0.25, 0.3) is 0 Å². The van der Waals surface area contributed by atoms with Crippen molar-refractivity contribution in [1.82, 2.24) is 9.88 Å². The van der Waals surface area contributed by atoms with Gasteiger partial charge in [0.15, 0.2) is 8.32 Å². The topological polar surface area (TPSA) is 51.7 Å². The van der Waals surface area contributed by atoms with E-state index in [1.54, 1.807) is 4.90 Å². The molecule has 1 aromatic heterocycles. The molecule has 1 aromatic carbocycles. The zero-order valence-corrected chi connectivity index (χ0v) is 22.9. The summed E-state index contributed by atoms with van der Waals surface area (Å²) in [5.41, 5.74) is 2.35. The molecule has 6 heteroatoms. The van der Waals surface area contributed by atoms with Crippen molar-refractivity contribution in [2.75, 3.05) is 6.54 Å². The Balaban J connectivity index is 2.21. The van der Waals surface area contributed by atoms with Crippen LogP contribution < -0.4 is 0 Å². The zero-order valence-electron chi connectivity index (χ0n) is 21.9. The van der Waals surface area contributed by atoms with Gasteiger partial charge in [0.05, 0.1) is 24.0 Å². The molecular weight excluding hydrogens is 428 g/mol. The summed E-state index contributed by atoms with van der Waals surface area (Å²) in [7, 11) is -1.87. The molecule has 1 heterocycles. The van der Waals surface area contributed by atoms with E-state index in [0.717, 1.165) is 17.8 Å². The highest BCUT2D eigenvalue weighted by molar-refractivity contribution is 6.74. The van der Waals surface area contributed by atoms with Crippen LogP contribution in [0.25, 0.3) is 0 Å². The normalized spacial score (nSPS) is 13.5. The van der Waals surface area contributed by atoms with Crippen molar-refractivity contribution in [3.8, 4) is 0 Å². The fraction of sp³-hybridized carbons (Fsp3) is 0.556. The molecular formula is C27H42N2O3Si. The minimum Gasteiger partial charge on any atom is -0.444 e. The van der Waals surface area contributed by atoms with Crippen LogP contribution in [-0.4, -0.2) is 36.4 Å². The highest BCUT2D eigenvalue weighted by Crippen LogP contribution is 2.37. The lowest BCUT2D eigenvalue weighted by Gasteiger charge is -2.36.